The van der Waals surface area contributed by atoms with Crippen molar-refractivity contribution in [2.45, 2.75) is 18.6 Å². The van der Waals surface area contributed by atoms with Gasteiger partial charge in [-0.2, -0.15) is 0 Å². The lowest BCUT2D eigenvalue weighted by Gasteiger charge is -2.15. The van der Waals surface area contributed by atoms with Crippen LogP contribution in [0.3, 0.4) is 0 Å². The molecule has 2 rings (SSSR count). The largest absolute Gasteiger partial charge is 0.496 e. The average molecular weight is 285 g/mol. The van der Waals surface area contributed by atoms with E-state index >= 15 is 0 Å². The lowest BCUT2D eigenvalue weighted by molar-refractivity contribution is 0.166. The van der Waals surface area contributed by atoms with E-state index in [0.717, 1.165) is 17.7 Å². The molecule has 0 amide bonds. The second kappa shape index (κ2) is 5.90. The Labute approximate surface area is 113 Å². The molecule has 0 saturated carbocycles. The topological polar surface area (TPSA) is 75.6 Å². The third kappa shape index (κ3) is 3.68. The maximum atomic E-state index is 11.4. The van der Waals surface area contributed by atoms with Gasteiger partial charge in [0.05, 0.1) is 24.7 Å². The van der Waals surface area contributed by atoms with Crippen LogP contribution in [0, 0.1) is 0 Å². The van der Waals surface area contributed by atoms with E-state index in [2.05, 4.69) is 5.32 Å². The fourth-order valence-electron chi connectivity index (χ4n) is 2.33. The van der Waals surface area contributed by atoms with Gasteiger partial charge in [-0.3, -0.25) is 0 Å². The lowest BCUT2D eigenvalue weighted by Crippen LogP contribution is -2.39. The highest BCUT2D eigenvalue weighted by Gasteiger charge is 2.35. The van der Waals surface area contributed by atoms with Crippen molar-refractivity contribution in [2.75, 3.05) is 25.2 Å². The first-order valence-corrected chi connectivity index (χ1v) is 8.08. The fourth-order valence-corrected chi connectivity index (χ4v) is 4.10. The highest BCUT2D eigenvalue weighted by molar-refractivity contribution is 7.91. The molecular formula is C13H19NO4S. The Morgan fingerprint density at radius 1 is 1.37 bits per heavy atom. The summed E-state index contributed by atoms with van der Waals surface area (Å²) in [6.07, 6.45) is -0.0736. The van der Waals surface area contributed by atoms with Gasteiger partial charge in [-0.15, -0.1) is 0 Å². The summed E-state index contributed by atoms with van der Waals surface area (Å²) in [5, 5.41) is 12.8. The Hall–Kier alpha value is -1.11. The molecule has 0 spiro atoms. The minimum Gasteiger partial charge on any atom is -0.496 e. The van der Waals surface area contributed by atoms with Crippen LogP contribution < -0.4 is 10.1 Å². The molecule has 1 aromatic carbocycles. The van der Waals surface area contributed by atoms with E-state index in [1.165, 1.54) is 0 Å². The molecule has 0 aromatic heterocycles. The van der Waals surface area contributed by atoms with Crippen LogP contribution in [0.4, 0.5) is 0 Å². The molecule has 1 fully saturated rings. The van der Waals surface area contributed by atoms with E-state index in [-0.39, 0.29) is 17.5 Å². The van der Waals surface area contributed by atoms with Crippen LogP contribution in [-0.4, -0.2) is 50.8 Å². The van der Waals surface area contributed by atoms with Crippen LogP contribution in [0.1, 0.15) is 5.56 Å². The second-order valence-corrected chi connectivity index (χ2v) is 6.92. The van der Waals surface area contributed by atoms with Crippen molar-refractivity contribution in [3.05, 3.63) is 29.8 Å². The summed E-state index contributed by atoms with van der Waals surface area (Å²) in [6.45, 7) is 0.609. The molecule has 1 aliphatic rings. The van der Waals surface area contributed by atoms with Gasteiger partial charge in [0, 0.05) is 6.04 Å². The van der Waals surface area contributed by atoms with E-state index in [1.807, 2.05) is 24.3 Å². The number of ether oxygens (including phenoxy) is 1. The molecule has 5 nitrogen and oxygen atoms in total. The van der Waals surface area contributed by atoms with Gasteiger partial charge in [0.25, 0.3) is 0 Å². The van der Waals surface area contributed by atoms with Crippen LogP contribution in [0.25, 0.3) is 0 Å². The van der Waals surface area contributed by atoms with Gasteiger partial charge >= 0.3 is 0 Å². The summed E-state index contributed by atoms with van der Waals surface area (Å²) in [6, 6.07) is 7.35. The van der Waals surface area contributed by atoms with Gasteiger partial charge in [0.15, 0.2) is 9.84 Å². The van der Waals surface area contributed by atoms with Crippen LogP contribution in [0.15, 0.2) is 24.3 Å². The van der Waals surface area contributed by atoms with Crippen molar-refractivity contribution in [3.63, 3.8) is 0 Å². The molecule has 1 aliphatic heterocycles. The number of nitrogens with one attached hydrogen (secondary N) is 1. The molecule has 2 atom stereocenters. The third-order valence-corrected chi connectivity index (χ3v) is 5.03. The maximum absolute atomic E-state index is 11.4. The minimum absolute atomic E-state index is 0.0140. The molecule has 0 bridgehead atoms. The molecule has 0 unspecified atom stereocenters. The van der Waals surface area contributed by atoms with Crippen LogP contribution in [0.2, 0.25) is 0 Å². The smallest absolute Gasteiger partial charge is 0.154 e. The maximum Gasteiger partial charge on any atom is 0.154 e. The number of aliphatic hydroxyl groups excluding tert-OH is 1. The third-order valence-electron chi connectivity index (χ3n) is 3.32. The Morgan fingerprint density at radius 2 is 2.11 bits per heavy atom. The van der Waals surface area contributed by atoms with Gasteiger partial charge in [-0.25, -0.2) is 8.42 Å². The summed E-state index contributed by atoms with van der Waals surface area (Å²) in [5.74, 6) is 0.697. The number of para-hydroxylation sites is 1. The molecule has 1 heterocycles. The standard InChI is InChI=1S/C13H19NO4S/c1-18-13-5-3-2-4-10(13)6-7-14-11-8-19(16,17)9-12(11)15/h2-5,11-12,14-15H,6-9H2,1H3/t11-,12+/m1/s1. The summed E-state index contributed by atoms with van der Waals surface area (Å²) >= 11 is 0. The van der Waals surface area contributed by atoms with E-state index in [1.54, 1.807) is 7.11 Å². The molecule has 0 aliphatic carbocycles. The monoisotopic (exact) mass is 285 g/mol. The number of sulfone groups is 1. The van der Waals surface area contributed by atoms with Crippen molar-refractivity contribution in [2.24, 2.45) is 0 Å². The first kappa shape index (κ1) is 14.3. The van der Waals surface area contributed by atoms with Gasteiger partial charge < -0.3 is 15.2 Å². The van der Waals surface area contributed by atoms with Gasteiger partial charge in [0.2, 0.25) is 0 Å². The fraction of sp³-hybridized carbons (Fsp3) is 0.538. The second-order valence-electron chi connectivity index (χ2n) is 4.77. The Morgan fingerprint density at radius 3 is 2.74 bits per heavy atom. The lowest BCUT2D eigenvalue weighted by atomic mass is 10.1. The van der Waals surface area contributed by atoms with E-state index in [4.69, 9.17) is 4.74 Å². The molecule has 1 aromatic rings. The Balaban J connectivity index is 1.87. The van der Waals surface area contributed by atoms with Gasteiger partial charge in [0.1, 0.15) is 5.75 Å². The zero-order valence-corrected chi connectivity index (χ0v) is 11.7. The number of aliphatic hydroxyl groups is 1. The molecule has 2 N–H and O–H groups in total. The molecule has 19 heavy (non-hydrogen) atoms. The normalized spacial score (nSPS) is 25.4. The van der Waals surface area contributed by atoms with Crippen LogP contribution >= 0.6 is 0 Å². The summed E-state index contributed by atoms with van der Waals surface area (Å²) < 4.78 is 28.0. The minimum atomic E-state index is -3.09. The Kier molecular flexibility index (Phi) is 4.44. The van der Waals surface area contributed by atoms with Crippen LogP contribution in [0.5, 0.6) is 5.75 Å². The van der Waals surface area contributed by atoms with Crippen molar-refractivity contribution in [3.8, 4) is 5.75 Å². The summed E-state index contributed by atoms with van der Waals surface area (Å²) in [7, 11) is -1.47. The van der Waals surface area contributed by atoms with Crippen molar-refractivity contribution in [1.82, 2.24) is 5.32 Å². The van der Waals surface area contributed by atoms with E-state index < -0.39 is 15.9 Å². The zero-order valence-electron chi connectivity index (χ0n) is 10.9. The predicted molar refractivity (Wildman–Crippen MR) is 73.1 cm³/mol. The number of rotatable bonds is 5. The average Bonchev–Trinajstić information content (AvgIpc) is 2.63. The predicted octanol–water partition coefficient (Wildman–Crippen LogP) is -0.0148. The first-order chi connectivity index (χ1) is 9.02. The SMILES string of the molecule is COc1ccccc1CCN[C@@H]1CS(=O)(=O)C[C@@H]1O. The van der Waals surface area contributed by atoms with E-state index in [9.17, 15) is 13.5 Å². The van der Waals surface area contributed by atoms with Crippen molar-refractivity contribution >= 4 is 9.84 Å². The van der Waals surface area contributed by atoms with Gasteiger partial charge in [-0.1, -0.05) is 18.2 Å². The molecular weight excluding hydrogens is 266 g/mol. The number of methoxy groups -OCH3 is 1. The molecule has 1 saturated heterocycles. The van der Waals surface area contributed by atoms with Crippen molar-refractivity contribution < 1.29 is 18.3 Å². The highest BCUT2D eigenvalue weighted by Crippen LogP contribution is 2.18. The molecule has 0 radical (unpaired) electrons. The van der Waals surface area contributed by atoms with Crippen molar-refractivity contribution in [1.29, 1.82) is 0 Å². The number of benzene rings is 1. The molecule has 6 heteroatoms. The first-order valence-electron chi connectivity index (χ1n) is 6.25. The molecule has 106 valence electrons. The summed E-state index contributed by atoms with van der Waals surface area (Å²) in [4.78, 5) is 0. The quantitative estimate of drug-likeness (QED) is 0.795. The summed E-state index contributed by atoms with van der Waals surface area (Å²) in [5.41, 5.74) is 1.06. The highest BCUT2D eigenvalue weighted by atomic mass is 32.2. The Bertz CT molecular complexity index is 529. The number of hydrogen-bond donors (Lipinski definition) is 2. The van der Waals surface area contributed by atoms with E-state index in [0.29, 0.717) is 6.54 Å². The van der Waals surface area contributed by atoms with Gasteiger partial charge in [-0.05, 0) is 24.6 Å². The number of hydrogen-bond acceptors (Lipinski definition) is 5. The zero-order chi connectivity index (χ0) is 13.9. The van der Waals surface area contributed by atoms with Crippen LogP contribution in [-0.2, 0) is 16.3 Å².